The Hall–Kier alpha value is -3.59. The number of carbonyl (C=O) groups excluding carboxylic acids is 1. The molecule has 0 saturated heterocycles. The Bertz CT molecular complexity index is 1090. The fraction of sp³-hybridized carbons (Fsp3) is 0.111. The molecule has 3 heterocycles. The Kier molecular flexibility index (Phi) is 4.35. The van der Waals surface area contributed by atoms with E-state index >= 15 is 0 Å². The summed E-state index contributed by atoms with van der Waals surface area (Å²) < 4.78 is 18.2. The molecule has 0 fully saturated rings. The van der Waals surface area contributed by atoms with Crippen LogP contribution in [-0.4, -0.2) is 37.7 Å². The number of fused-ring (bicyclic) bond motifs is 1. The predicted octanol–water partition coefficient (Wildman–Crippen LogP) is 2.22. The number of benzene rings is 1. The Morgan fingerprint density at radius 3 is 2.89 bits per heavy atom. The molecule has 8 nitrogen and oxygen atoms in total. The van der Waals surface area contributed by atoms with Crippen molar-refractivity contribution >= 4 is 16.9 Å². The molecule has 0 aliphatic heterocycles. The van der Waals surface area contributed by atoms with Crippen LogP contribution in [0.4, 0.5) is 4.39 Å². The van der Waals surface area contributed by atoms with E-state index in [1.54, 1.807) is 18.5 Å². The molecular weight excluding hydrogens is 353 g/mol. The molecule has 9 heteroatoms. The molecule has 1 aromatic carbocycles. The Labute approximate surface area is 152 Å². The highest BCUT2D eigenvalue weighted by Crippen LogP contribution is 2.26. The third-order valence-corrected chi connectivity index (χ3v) is 4.03. The van der Waals surface area contributed by atoms with Gasteiger partial charge in [0.05, 0.1) is 6.61 Å². The summed E-state index contributed by atoms with van der Waals surface area (Å²) in [7, 11) is 0. The number of H-pyrrole nitrogens is 1. The van der Waals surface area contributed by atoms with E-state index in [-0.39, 0.29) is 11.5 Å². The van der Waals surface area contributed by atoms with E-state index in [1.165, 1.54) is 24.3 Å². The van der Waals surface area contributed by atoms with Crippen molar-refractivity contribution in [3.05, 3.63) is 66.1 Å². The van der Waals surface area contributed by atoms with Crippen LogP contribution in [0.15, 0.2) is 53.3 Å². The summed E-state index contributed by atoms with van der Waals surface area (Å²) in [4.78, 5) is 23.7. The largest absolute Gasteiger partial charge is 0.394 e. The average Bonchev–Trinajstić information content (AvgIpc) is 3.33. The molecule has 0 aliphatic carbocycles. The van der Waals surface area contributed by atoms with E-state index in [0.717, 1.165) is 5.39 Å². The highest BCUT2D eigenvalue weighted by atomic mass is 19.1. The van der Waals surface area contributed by atoms with Gasteiger partial charge >= 0.3 is 0 Å². The number of nitrogens with zero attached hydrogens (tertiary/aromatic N) is 3. The molecule has 1 amide bonds. The van der Waals surface area contributed by atoms with E-state index < -0.39 is 24.4 Å². The minimum atomic E-state index is -0.896. The van der Waals surface area contributed by atoms with Gasteiger partial charge in [0.2, 0.25) is 5.82 Å². The second-order valence-corrected chi connectivity index (χ2v) is 5.77. The maximum absolute atomic E-state index is 13.0. The number of pyridine rings is 1. The average molecular weight is 367 g/mol. The predicted molar refractivity (Wildman–Crippen MR) is 93.1 cm³/mol. The first kappa shape index (κ1) is 16.9. The van der Waals surface area contributed by atoms with Crippen LogP contribution >= 0.6 is 0 Å². The maximum atomic E-state index is 13.0. The SMILES string of the molecule is O=C(N[C@@H](CO)c1nc(-c2c[nH]c3ncccc23)no1)c1ccc(F)cc1. The molecule has 0 aliphatic rings. The number of nitrogens with one attached hydrogen (secondary N) is 2. The highest BCUT2D eigenvalue weighted by Gasteiger charge is 2.22. The summed E-state index contributed by atoms with van der Waals surface area (Å²) in [5, 5.41) is 16.9. The molecule has 1 atom stereocenters. The molecule has 0 bridgehead atoms. The second-order valence-electron chi connectivity index (χ2n) is 5.77. The molecular formula is C18H14FN5O3. The number of halogens is 1. The van der Waals surface area contributed by atoms with Gasteiger partial charge in [-0.1, -0.05) is 5.16 Å². The van der Waals surface area contributed by atoms with Gasteiger partial charge in [-0.2, -0.15) is 4.98 Å². The summed E-state index contributed by atoms with van der Waals surface area (Å²) in [6.07, 6.45) is 3.37. The van der Waals surface area contributed by atoms with Crippen molar-refractivity contribution in [1.82, 2.24) is 25.4 Å². The Morgan fingerprint density at radius 1 is 1.30 bits per heavy atom. The molecule has 3 aromatic heterocycles. The maximum Gasteiger partial charge on any atom is 0.251 e. The lowest BCUT2D eigenvalue weighted by molar-refractivity contribution is 0.0901. The first-order valence-corrected chi connectivity index (χ1v) is 8.09. The van der Waals surface area contributed by atoms with Gasteiger partial charge in [-0.05, 0) is 36.4 Å². The van der Waals surface area contributed by atoms with Crippen molar-refractivity contribution in [3.8, 4) is 11.4 Å². The number of aromatic nitrogens is 4. The second kappa shape index (κ2) is 6.96. The van der Waals surface area contributed by atoms with Crippen LogP contribution in [-0.2, 0) is 0 Å². The van der Waals surface area contributed by atoms with Crippen molar-refractivity contribution in [2.24, 2.45) is 0 Å². The molecule has 0 unspecified atom stereocenters. The number of aliphatic hydroxyl groups excluding tert-OH is 1. The van der Waals surface area contributed by atoms with E-state index in [2.05, 4.69) is 25.4 Å². The van der Waals surface area contributed by atoms with Crippen LogP contribution in [0.3, 0.4) is 0 Å². The smallest absolute Gasteiger partial charge is 0.251 e. The number of hydrogen-bond donors (Lipinski definition) is 3. The van der Waals surface area contributed by atoms with Crippen LogP contribution in [0.2, 0.25) is 0 Å². The van der Waals surface area contributed by atoms with Crippen molar-refractivity contribution in [3.63, 3.8) is 0 Å². The molecule has 4 rings (SSSR count). The van der Waals surface area contributed by atoms with Crippen molar-refractivity contribution in [1.29, 1.82) is 0 Å². The van der Waals surface area contributed by atoms with Crippen molar-refractivity contribution < 1.29 is 18.8 Å². The normalized spacial score (nSPS) is 12.2. The number of amides is 1. The van der Waals surface area contributed by atoms with E-state index in [1.807, 2.05) is 6.07 Å². The number of rotatable bonds is 5. The first-order chi connectivity index (χ1) is 13.2. The topological polar surface area (TPSA) is 117 Å². The van der Waals surface area contributed by atoms with Gasteiger partial charge in [0.25, 0.3) is 11.8 Å². The van der Waals surface area contributed by atoms with Gasteiger partial charge in [-0.25, -0.2) is 9.37 Å². The summed E-state index contributed by atoms with van der Waals surface area (Å²) >= 11 is 0. The number of aromatic amines is 1. The lowest BCUT2D eigenvalue weighted by Crippen LogP contribution is -2.31. The van der Waals surface area contributed by atoms with Crippen LogP contribution < -0.4 is 5.32 Å². The standard InChI is InChI=1S/C18H14FN5O3/c19-11-5-3-10(4-6-11)17(26)22-14(9-25)18-23-16(24-27-18)13-8-21-15-12(13)2-1-7-20-15/h1-8,14,25H,9H2,(H,20,21)(H,22,26)/t14-/m0/s1. The number of carbonyl (C=O) groups is 1. The molecule has 4 aromatic rings. The van der Waals surface area contributed by atoms with E-state index in [0.29, 0.717) is 17.0 Å². The quantitative estimate of drug-likeness (QED) is 0.498. The van der Waals surface area contributed by atoms with Gasteiger partial charge in [0, 0.05) is 28.9 Å². The van der Waals surface area contributed by atoms with E-state index in [4.69, 9.17) is 4.52 Å². The van der Waals surface area contributed by atoms with Crippen LogP contribution in [0.1, 0.15) is 22.3 Å². The Balaban J connectivity index is 1.57. The summed E-state index contributed by atoms with van der Waals surface area (Å²) in [6.45, 7) is -0.440. The zero-order valence-corrected chi connectivity index (χ0v) is 13.9. The molecule has 0 spiro atoms. The monoisotopic (exact) mass is 367 g/mol. The van der Waals surface area contributed by atoms with Gasteiger partial charge in [0.1, 0.15) is 17.5 Å². The van der Waals surface area contributed by atoms with Gasteiger partial charge in [0.15, 0.2) is 0 Å². The molecule has 0 saturated carbocycles. The molecule has 3 N–H and O–H groups in total. The highest BCUT2D eigenvalue weighted by molar-refractivity contribution is 5.94. The van der Waals surface area contributed by atoms with Crippen LogP contribution in [0.5, 0.6) is 0 Å². The zero-order valence-electron chi connectivity index (χ0n) is 13.9. The third kappa shape index (κ3) is 3.27. The first-order valence-electron chi connectivity index (χ1n) is 8.09. The minimum Gasteiger partial charge on any atom is -0.394 e. The molecule has 27 heavy (non-hydrogen) atoms. The van der Waals surface area contributed by atoms with Crippen LogP contribution in [0.25, 0.3) is 22.4 Å². The molecule has 136 valence electrons. The molecule has 0 radical (unpaired) electrons. The summed E-state index contributed by atoms with van der Waals surface area (Å²) in [5.41, 5.74) is 1.62. The lowest BCUT2D eigenvalue weighted by atomic mass is 10.2. The summed E-state index contributed by atoms with van der Waals surface area (Å²) in [6, 6.07) is 7.81. The Morgan fingerprint density at radius 2 is 2.11 bits per heavy atom. The van der Waals surface area contributed by atoms with Crippen molar-refractivity contribution in [2.45, 2.75) is 6.04 Å². The third-order valence-electron chi connectivity index (χ3n) is 4.03. The fourth-order valence-corrected chi connectivity index (χ4v) is 2.66. The summed E-state index contributed by atoms with van der Waals surface area (Å²) in [5.74, 6) is -0.579. The number of hydrogen-bond acceptors (Lipinski definition) is 6. The van der Waals surface area contributed by atoms with Gasteiger partial charge < -0.3 is 19.9 Å². The minimum absolute atomic E-state index is 0.0567. The number of aliphatic hydroxyl groups is 1. The fourth-order valence-electron chi connectivity index (χ4n) is 2.66. The van der Waals surface area contributed by atoms with Crippen LogP contribution in [0, 0.1) is 5.82 Å². The zero-order chi connectivity index (χ0) is 18.8. The van der Waals surface area contributed by atoms with Crippen molar-refractivity contribution in [2.75, 3.05) is 6.61 Å². The van der Waals surface area contributed by atoms with Gasteiger partial charge in [-0.15, -0.1) is 0 Å². The lowest BCUT2D eigenvalue weighted by Gasteiger charge is -2.12. The van der Waals surface area contributed by atoms with E-state index in [9.17, 15) is 14.3 Å². The van der Waals surface area contributed by atoms with Gasteiger partial charge in [-0.3, -0.25) is 4.79 Å².